The third kappa shape index (κ3) is 6.36. The van der Waals surface area contributed by atoms with Gasteiger partial charge in [-0.25, -0.2) is 4.79 Å². The molecular weight excluding hydrogens is 326 g/mol. The quantitative estimate of drug-likeness (QED) is 0.729. The number of amides is 1. The van der Waals surface area contributed by atoms with E-state index in [1.807, 2.05) is 0 Å². The highest BCUT2D eigenvalue weighted by atomic mass is 16.5. The summed E-state index contributed by atoms with van der Waals surface area (Å²) in [6.45, 7) is 3.01. The Hall–Kier alpha value is -2.12. The standard InChI is InChI=1S/C18H25NO6/c1-13(24-11-16-4-3-9-23-16)18(22)19(2)10-14-5-7-15(8-6-14)25-12-17(20)21/h5-8,13,16H,3-4,9-12H2,1-2H3,(H,20,21). The van der Waals surface area contributed by atoms with Gasteiger partial charge in [0, 0.05) is 20.2 Å². The second-order valence-corrected chi connectivity index (χ2v) is 6.13. The van der Waals surface area contributed by atoms with Crippen LogP contribution in [0.2, 0.25) is 0 Å². The van der Waals surface area contributed by atoms with Crippen LogP contribution in [0.1, 0.15) is 25.3 Å². The van der Waals surface area contributed by atoms with E-state index in [0.29, 0.717) is 18.9 Å². The van der Waals surface area contributed by atoms with Crippen molar-refractivity contribution in [2.45, 2.75) is 38.5 Å². The summed E-state index contributed by atoms with van der Waals surface area (Å²) in [6.07, 6.45) is 1.60. The van der Waals surface area contributed by atoms with E-state index in [1.54, 1.807) is 43.1 Å². The lowest BCUT2D eigenvalue weighted by Crippen LogP contribution is -2.37. The number of benzene rings is 1. The normalized spacial score (nSPS) is 17.9. The summed E-state index contributed by atoms with van der Waals surface area (Å²) in [6, 6.07) is 6.99. The molecule has 0 spiro atoms. The maximum absolute atomic E-state index is 12.4. The van der Waals surface area contributed by atoms with Crippen LogP contribution in [0.3, 0.4) is 0 Å². The van der Waals surface area contributed by atoms with Gasteiger partial charge in [-0.3, -0.25) is 4.79 Å². The second-order valence-electron chi connectivity index (χ2n) is 6.13. The monoisotopic (exact) mass is 351 g/mol. The van der Waals surface area contributed by atoms with Gasteiger partial charge in [0.15, 0.2) is 6.61 Å². The van der Waals surface area contributed by atoms with Crippen LogP contribution in [0.25, 0.3) is 0 Å². The lowest BCUT2D eigenvalue weighted by Gasteiger charge is -2.22. The molecule has 0 aliphatic carbocycles. The molecule has 1 aromatic rings. The van der Waals surface area contributed by atoms with E-state index in [9.17, 15) is 9.59 Å². The van der Waals surface area contributed by atoms with Crippen LogP contribution in [0.5, 0.6) is 5.75 Å². The summed E-state index contributed by atoms with van der Waals surface area (Å²) in [4.78, 5) is 24.4. The van der Waals surface area contributed by atoms with Crippen molar-refractivity contribution in [3.63, 3.8) is 0 Å². The van der Waals surface area contributed by atoms with E-state index in [0.717, 1.165) is 25.0 Å². The number of rotatable bonds is 9. The Balaban J connectivity index is 1.77. The van der Waals surface area contributed by atoms with Crippen LogP contribution in [0.15, 0.2) is 24.3 Å². The molecule has 2 unspecified atom stereocenters. The molecule has 2 atom stereocenters. The molecule has 0 saturated carbocycles. The van der Waals surface area contributed by atoms with Crippen molar-refractivity contribution >= 4 is 11.9 Å². The van der Waals surface area contributed by atoms with Gasteiger partial charge in [0.1, 0.15) is 11.9 Å². The Morgan fingerprint density at radius 3 is 2.68 bits per heavy atom. The first kappa shape index (κ1) is 19.2. The number of carbonyl (C=O) groups excluding carboxylic acids is 1. The molecule has 0 bridgehead atoms. The number of aliphatic carboxylic acids is 1. The van der Waals surface area contributed by atoms with E-state index in [1.165, 1.54) is 0 Å². The average molecular weight is 351 g/mol. The minimum absolute atomic E-state index is 0.0933. The summed E-state index contributed by atoms with van der Waals surface area (Å²) >= 11 is 0. The van der Waals surface area contributed by atoms with Crippen molar-refractivity contribution in [3.05, 3.63) is 29.8 Å². The zero-order valence-corrected chi connectivity index (χ0v) is 14.6. The number of hydrogen-bond acceptors (Lipinski definition) is 5. The molecule has 1 fully saturated rings. The van der Waals surface area contributed by atoms with Gasteiger partial charge in [-0.1, -0.05) is 12.1 Å². The van der Waals surface area contributed by atoms with E-state index in [2.05, 4.69) is 0 Å². The first-order valence-corrected chi connectivity index (χ1v) is 8.37. The summed E-state index contributed by atoms with van der Waals surface area (Å²) in [5, 5.41) is 8.59. The number of nitrogens with zero attached hydrogens (tertiary/aromatic N) is 1. The first-order chi connectivity index (χ1) is 12.0. The molecule has 7 nitrogen and oxygen atoms in total. The average Bonchev–Trinajstić information content (AvgIpc) is 3.11. The van der Waals surface area contributed by atoms with Gasteiger partial charge >= 0.3 is 5.97 Å². The fraction of sp³-hybridized carbons (Fsp3) is 0.556. The molecule has 25 heavy (non-hydrogen) atoms. The molecular formula is C18H25NO6. The third-order valence-corrected chi connectivity index (χ3v) is 3.99. The van der Waals surface area contributed by atoms with Gasteiger partial charge in [-0.15, -0.1) is 0 Å². The number of ether oxygens (including phenoxy) is 3. The first-order valence-electron chi connectivity index (χ1n) is 8.37. The van der Waals surface area contributed by atoms with Crippen LogP contribution < -0.4 is 4.74 Å². The smallest absolute Gasteiger partial charge is 0.341 e. The maximum atomic E-state index is 12.4. The Kier molecular flexibility index (Phi) is 7.21. The minimum atomic E-state index is -1.02. The zero-order chi connectivity index (χ0) is 18.2. The van der Waals surface area contributed by atoms with Crippen molar-refractivity contribution in [2.24, 2.45) is 0 Å². The summed E-state index contributed by atoms with van der Waals surface area (Å²) in [7, 11) is 1.73. The lowest BCUT2D eigenvalue weighted by molar-refractivity contribution is -0.143. The van der Waals surface area contributed by atoms with Crippen LogP contribution in [0, 0.1) is 0 Å². The molecule has 138 valence electrons. The van der Waals surface area contributed by atoms with Crippen molar-refractivity contribution in [3.8, 4) is 5.75 Å². The minimum Gasteiger partial charge on any atom is -0.482 e. The molecule has 0 aromatic heterocycles. The van der Waals surface area contributed by atoms with E-state index in [-0.39, 0.29) is 18.6 Å². The largest absolute Gasteiger partial charge is 0.482 e. The molecule has 1 aliphatic rings. The third-order valence-electron chi connectivity index (χ3n) is 3.99. The summed E-state index contributed by atoms with van der Waals surface area (Å²) in [5.74, 6) is -0.635. The molecule has 2 rings (SSSR count). The van der Waals surface area contributed by atoms with Crippen LogP contribution in [0.4, 0.5) is 0 Å². The van der Waals surface area contributed by atoms with Crippen molar-refractivity contribution in [2.75, 3.05) is 26.9 Å². The molecule has 1 N–H and O–H groups in total. The zero-order valence-electron chi connectivity index (χ0n) is 14.6. The number of carbonyl (C=O) groups is 2. The highest BCUT2D eigenvalue weighted by Crippen LogP contribution is 2.15. The van der Waals surface area contributed by atoms with Crippen LogP contribution >= 0.6 is 0 Å². The molecule has 1 amide bonds. The fourth-order valence-corrected chi connectivity index (χ4v) is 2.60. The lowest BCUT2D eigenvalue weighted by atomic mass is 10.2. The topological polar surface area (TPSA) is 85.3 Å². The van der Waals surface area contributed by atoms with Gasteiger partial charge in [0.05, 0.1) is 12.7 Å². The fourth-order valence-electron chi connectivity index (χ4n) is 2.60. The Morgan fingerprint density at radius 1 is 1.36 bits per heavy atom. The van der Waals surface area contributed by atoms with E-state index < -0.39 is 12.1 Å². The predicted molar refractivity (Wildman–Crippen MR) is 90.4 cm³/mol. The van der Waals surface area contributed by atoms with Gasteiger partial charge < -0.3 is 24.2 Å². The van der Waals surface area contributed by atoms with Gasteiger partial charge in [0.2, 0.25) is 0 Å². The van der Waals surface area contributed by atoms with Gasteiger partial charge in [-0.2, -0.15) is 0 Å². The Bertz CT molecular complexity index is 567. The summed E-state index contributed by atoms with van der Waals surface area (Å²) in [5.41, 5.74) is 0.921. The van der Waals surface area contributed by atoms with Gasteiger partial charge in [-0.05, 0) is 37.5 Å². The molecule has 0 radical (unpaired) electrons. The number of hydrogen-bond donors (Lipinski definition) is 1. The SMILES string of the molecule is CC(OCC1CCCO1)C(=O)N(C)Cc1ccc(OCC(=O)O)cc1. The molecule has 1 aliphatic heterocycles. The summed E-state index contributed by atoms with van der Waals surface area (Å²) < 4.78 is 16.2. The highest BCUT2D eigenvalue weighted by Gasteiger charge is 2.22. The molecule has 1 heterocycles. The number of carboxylic acid groups (broad SMARTS) is 1. The van der Waals surface area contributed by atoms with E-state index >= 15 is 0 Å². The van der Waals surface area contributed by atoms with E-state index in [4.69, 9.17) is 19.3 Å². The highest BCUT2D eigenvalue weighted by molar-refractivity contribution is 5.80. The molecule has 7 heteroatoms. The maximum Gasteiger partial charge on any atom is 0.341 e. The van der Waals surface area contributed by atoms with Crippen molar-refractivity contribution in [1.82, 2.24) is 4.90 Å². The number of carboxylic acids is 1. The Morgan fingerprint density at radius 2 is 2.08 bits per heavy atom. The van der Waals surface area contributed by atoms with Crippen molar-refractivity contribution < 1.29 is 28.9 Å². The molecule has 1 saturated heterocycles. The Labute approximate surface area is 147 Å². The van der Waals surface area contributed by atoms with Crippen LogP contribution in [-0.4, -0.2) is 61.0 Å². The molecule has 1 aromatic carbocycles. The predicted octanol–water partition coefficient (Wildman–Crippen LogP) is 1.69. The van der Waals surface area contributed by atoms with Crippen LogP contribution in [-0.2, 0) is 25.6 Å². The number of likely N-dealkylation sites (N-methyl/N-ethyl adjacent to an activating group) is 1. The van der Waals surface area contributed by atoms with Gasteiger partial charge in [0.25, 0.3) is 5.91 Å². The second kappa shape index (κ2) is 9.39. The van der Waals surface area contributed by atoms with Crippen molar-refractivity contribution in [1.29, 1.82) is 0 Å².